The summed E-state index contributed by atoms with van der Waals surface area (Å²) in [6.45, 7) is 4.08. The number of rotatable bonds is 1. The molecule has 0 fully saturated rings. The van der Waals surface area contributed by atoms with Gasteiger partial charge in [0.25, 0.3) is 0 Å². The van der Waals surface area contributed by atoms with E-state index in [0.717, 1.165) is 12.2 Å². The van der Waals surface area contributed by atoms with Crippen molar-refractivity contribution < 1.29 is 4.74 Å². The first-order valence-corrected chi connectivity index (χ1v) is 6.02. The van der Waals surface area contributed by atoms with Gasteiger partial charge in [-0.25, -0.2) is 4.68 Å². The Hall–Kier alpha value is -1.94. The van der Waals surface area contributed by atoms with Gasteiger partial charge in [0, 0.05) is 0 Å². The van der Waals surface area contributed by atoms with Gasteiger partial charge in [-0.05, 0) is 18.1 Å². The van der Waals surface area contributed by atoms with Crippen LogP contribution in [0.4, 0.5) is 0 Å². The summed E-state index contributed by atoms with van der Waals surface area (Å²) < 4.78 is 7.51. The number of ether oxygens (including phenoxy) is 1. The maximum atomic E-state index is 5.62. The van der Waals surface area contributed by atoms with E-state index in [0.29, 0.717) is 13.2 Å². The van der Waals surface area contributed by atoms with E-state index in [2.05, 4.69) is 47.6 Å². The molecule has 0 atom stereocenters. The zero-order chi connectivity index (χ0) is 12.4. The molecule has 4 heteroatoms. The van der Waals surface area contributed by atoms with Crippen molar-refractivity contribution in [2.75, 3.05) is 6.61 Å². The van der Waals surface area contributed by atoms with Crippen LogP contribution >= 0.6 is 0 Å². The second kappa shape index (κ2) is 4.74. The Kier molecular flexibility index (Phi) is 2.94. The van der Waals surface area contributed by atoms with Gasteiger partial charge in [-0.15, -0.1) is 5.10 Å². The minimum absolute atomic E-state index is 0.582. The topological polar surface area (TPSA) is 39.9 Å². The Balaban J connectivity index is 1.86. The molecule has 1 aliphatic rings. The molecule has 0 bridgehead atoms. The largest absolute Gasteiger partial charge is 0.371 e. The first kappa shape index (κ1) is 11.2. The number of aromatic nitrogens is 3. The van der Waals surface area contributed by atoms with Gasteiger partial charge in [-0.2, -0.15) is 0 Å². The van der Waals surface area contributed by atoms with Crippen molar-refractivity contribution in [1.29, 1.82) is 0 Å². The summed E-state index contributed by atoms with van der Waals surface area (Å²) in [5.74, 6) is 0. The molecule has 1 aromatic heterocycles. The van der Waals surface area contributed by atoms with Crippen molar-refractivity contribution in [3.63, 3.8) is 0 Å². The van der Waals surface area contributed by atoms with Crippen molar-refractivity contribution in [2.24, 2.45) is 0 Å². The van der Waals surface area contributed by atoms with E-state index in [1.165, 1.54) is 16.7 Å². The maximum Gasteiger partial charge on any atom is 0.0905 e. The Labute approximate surface area is 106 Å². The Morgan fingerprint density at radius 3 is 2.89 bits per heavy atom. The smallest absolute Gasteiger partial charge is 0.0905 e. The molecule has 3 rings (SSSR count). The van der Waals surface area contributed by atoms with Crippen LogP contribution in [0.2, 0.25) is 0 Å². The molecule has 4 nitrogen and oxygen atoms in total. The Bertz CT molecular complexity index is 569. The highest BCUT2D eigenvalue weighted by atomic mass is 16.5. The lowest BCUT2D eigenvalue weighted by atomic mass is 10.1. The van der Waals surface area contributed by atoms with E-state index in [-0.39, 0.29) is 0 Å². The fourth-order valence-electron chi connectivity index (χ4n) is 2.03. The van der Waals surface area contributed by atoms with E-state index in [9.17, 15) is 0 Å². The summed E-state index contributed by atoms with van der Waals surface area (Å²) in [6.07, 6.45) is 3.92. The molecule has 2 heterocycles. The molecule has 0 spiro atoms. The highest BCUT2D eigenvalue weighted by Crippen LogP contribution is 2.15. The zero-order valence-electron chi connectivity index (χ0n) is 10.3. The lowest BCUT2D eigenvalue weighted by molar-refractivity contribution is 0.145. The monoisotopic (exact) mass is 241 g/mol. The van der Waals surface area contributed by atoms with Crippen LogP contribution in [0.25, 0.3) is 6.08 Å². The van der Waals surface area contributed by atoms with Gasteiger partial charge < -0.3 is 4.74 Å². The molecule has 0 aliphatic carbocycles. The summed E-state index contributed by atoms with van der Waals surface area (Å²) in [5.41, 5.74) is 4.71. The summed E-state index contributed by atoms with van der Waals surface area (Å²) in [7, 11) is 0. The van der Waals surface area contributed by atoms with Gasteiger partial charge in [0.15, 0.2) is 0 Å². The number of hydrogen-bond donors (Lipinski definition) is 0. The van der Waals surface area contributed by atoms with Crippen LogP contribution in [0.5, 0.6) is 0 Å². The minimum Gasteiger partial charge on any atom is -0.371 e. The highest BCUT2D eigenvalue weighted by Gasteiger charge is 2.11. The van der Waals surface area contributed by atoms with Crippen LogP contribution in [-0.4, -0.2) is 21.6 Å². The van der Waals surface area contributed by atoms with E-state index in [4.69, 9.17) is 4.74 Å². The van der Waals surface area contributed by atoms with Gasteiger partial charge in [-0.1, -0.05) is 41.1 Å². The van der Waals surface area contributed by atoms with Crippen LogP contribution in [0.1, 0.15) is 16.8 Å². The van der Waals surface area contributed by atoms with Gasteiger partial charge in [0.2, 0.25) is 0 Å². The fraction of sp³-hybridized carbons (Fsp3) is 0.286. The highest BCUT2D eigenvalue weighted by molar-refractivity contribution is 5.53. The third-order valence-corrected chi connectivity index (χ3v) is 3.04. The molecule has 0 radical (unpaired) electrons. The van der Waals surface area contributed by atoms with Crippen LogP contribution < -0.4 is 0 Å². The summed E-state index contributed by atoms with van der Waals surface area (Å²) in [4.78, 5) is 0. The molecule has 1 aliphatic heterocycles. The average molecular weight is 241 g/mol. The molecule has 2 aromatic rings. The van der Waals surface area contributed by atoms with Crippen molar-refractivity contribution >= 4 is 6.08 Å². The molecule has 92 valence electrons. The standard InChI is InChI=1S/C14H15N3O/c1-11-2-4-12(5-3-11)6-13-8-17-14(7-15-16-17)10-18-9-13/h2-7H,8-10H2,1H3/b13-6-. The van der Waals surface area contributed by atoms with E-state index >= 15 is 0 Å². The summed E-state index contributed by atoms with van der Waals surface area (Å²) >= 11 is 0. The summed E-state index contributed by atoms with van der Waals surface area (Å²) in [5, 5.41) is 7.97. The number of hydrogen-bond acceptors (Lipinski definition) is 3. The molecule has 0 N–H and O–H groups in total. The average Bonchev–Trinajstić information content (AvgIpc) is 2.71. The molecule has 0 saturated heterocycles. The van der Waals surface area contributed by atoms with Crippen LogP contribution in [0.15, 0.2) is 36.0 Å². The van der Waals surface area contributed by atoms with Crippen LogP contribution in [0, 0.1) is 6.92 Å². The number of benzene rings is 1. The molecule has 18 heavy (non-hydrogen) atoms. The molecular formula is C14H15N3O. The SMILES string of the molecule is Cc1ccc(/C=C2\COCc3cnnn3C2)cc1. The zero-order valence-corrected chi connectivity index (χ0v) is 10.3. The first-order chi connectivity index (χ1) is 8.81. The first-order valence-electron chi connectivity index (χ1n) is 6.02. The number of nitrogens with zero attached hydrogens (tertiary/aromatic N) is 3. The Morgan fingerprint density at radius 2 is 2.06 bits per heavy atom. The van der Waals surface area contributed by atoms with E-state index in [1.54, 1.807) is 6.20 Å². The quantitative estimate of drug-likeness (QED) is 0.768. The summed E-state index contributed by atoms with van der Waals surface area (Å²) in [6, 6.07) is 8.47. The van der Waals surface area contributed by atoms with Crippen molar-refractivity contribution in [3.05, 3.63) is 52.9 Å². The molecule has 0 unspecified atom stereocenters. The van der Waals surface area contributed by atoms with Crippen molar-refractivity contribution in [1.82, 2.24) is 15.0 Å². The lowest BCUT2D eigenvalue weighted by Crippen LogP contribution is -2.04. The maximum absolute atomic E-state index is 5.62. The fourth-order valence-corrected chi connectivity index (χ4v) is 2.03. The second-order valence-corrected chi connectivity index (χ2v) is 4.59. The number of aryl methyl sites for hydroxylation is 1. The van der Waals surface area contributed by atoms with Crippen LogP contribution in [0.3, 0.4) is 0 Å². The predicted molar refractivity (Wildman–Crippen MR) is 68.8 cm³/mol. The second-order valence-electron chi connectivity index (χ2n) is 4.59. The third kappa shape index (κ3) is 2.33. The van der Waals surface area contributed by atoms with E-state index in [1.807, 2.05) is 4.68 Å². The van der Waals surface area contributed by atoms with Gasteiger partial charge in [0.1, 0.15) is 0 Å². The normalized spacial score (nSPS) is 17.5. The third-order valence-electron chi connectivity index (χ3n) is 3.04. The van der Waals surface area contributed by atoms with Crippen LogP contribution in [-0.2, 0) is 17.9 Å². The number of fused-ring (bicyclic) bond motifs is 1. The predicted octanol–water partition coefficient (Wildman–Crippen LogP) is 2.20. The van der Waals surface area contributed by atoms with Gasteiger partial charge in [0.05, 0.1) is 31.6 Å². The van der Waals surface area contributed by atoms with Crippen molar-refractivity contribution in [3.8, 4) is 0 Å². The van der Waals surface area contributed by atoms with Crippen molar-refractivity contribution in [2.45, 2.75) is 20.1 Å². The molecule has 1 aromatic carbocycles. The minimum atomic E-state index is 0.582. The lowest BCUT2D eigenvalue weighted by Gasteiger charge is -2.04. The Morgan fingerprint density at radius 1 is 1.22 bits per heavy atom. The molecule has 0 saturated carbocycles. The van der Waals surface area contributed by atoms with Gasteiger partial charge >= 0.3 is 0 Å². The molecular weight excluding hydrogens is 226 g/mol. The van der Waals surface area contributed by atoms with E-state index < -0.39 is 0 Å². The van der Waals surface area contributed by atoms with Gasteiger partial charge in [-0.3, -0.25) is 0 Å². The molecule has 0 amide bonds.